The fourth-order valence-electron chi connectivity index (χ4n) is 7.49. The third-order valence-corrected chi connectivity index (χ3v) is 11.5. The van der Waals surface area contributed by atoms with Gasteiger partial charge >= 0.3 is 17.9 Å². The number of hydrogen-bond acceptors (Lipinski definition) is 6. The van der Waals surface area contributed by atoms with Crippen LogP contribution in [-0.2, 0) is 28.6 Å². The molecule has 0 aromatic rings. The van der Waals surface area contributed by atoms with Crippen LogP contribution in [0.5, 0.6) is 0 Å². The lowest BCUT2D eigenvalue weighted by atomic mass is 10.1. The van der Waals surface area contributed by atoms with Gasteiger partial charge in [0.25, 0.3) is 0 Å². The van der Waals surface area contributed by atoms with Crippen molar-refractivity contribution in [2.24, 2.45) is 0 Å². The van der Waals surface area contributed by atoms with Crippen molar-refractivity contribution in [1.29, 1.82) is 0 Å². The highest BCUT2D eigenvalue weighted by Crippen LogP contribution is 2.15. The van der Waals surface area contributed by atoms with E-state index < -0.39 is 6.10 Å². The molecule has 0 aliphatic carbocycles. The summed E-state index contributed by atoms with van der Waals surface area (Å²) in [7, 11) is 0. The number of unbranched alkanes of at least 4 members (excludes halogenated alkanes) is 27. The average molecular weight is 881 g/mol. The SMILES string of the molecule is CC/C=C\C/C=C\C/C=C\C/C=C\CCCCCCCCCCC(=O)OCC(COC(=O)CCCCCCCC)OC(=O)CCCCCCCCC/C=C\CCCCCCCCC. The Kier molecular flexibility index (Phi) is 49.4. The molecule has 1 atom stereocenters. The first-order valence-corrected chi connectivity index (χ1v) is 26.8. The second-order valence-electron chi connectivity index (χ2n) is 17.8. The topological polar surface area (TPSA) is 78.9 Å². The zero-order valence-corrected chi connectivity index (χ0v) is 41.6. The first kappa shape index (κ1) is 60.1. The van der Waals surface area contributed by atoms with Crippen molar-refractivity contribution in [2.75, 3.05) is 13.2 Å². The molecule has 0 aliphatic heterocycles. The van der Waals surface area contributed by atoms with Crippen molar-refractivity contribution < 1.29 is 28.6 Å². The summed E-state index contributed by atoms with van der Waals surface area (Å²) in [5.74, 6) is -0.894. The molecule has 0 amide bonds. The maximum Gasteiger partial charge on any atom is 0.306 e. The monoisotopic (exact) mass is 881 g/mol. The van der Waals surface area contributed by atoms with E-state index in [-0.39, 0.29) is 31.1 Å². The van der Waals surface area contributed by atoms with Gasteiger partial charge in [-0.3, -0.25) is 14.4 Å². The van der Waals surface area contributed by atoms with Crippen LogP contribution in [0.4, 0.5) is 0 Å². The molecular weight excluding hydrogens is 781 g/mol. The highest BCUT2D eigenvalue weighted by Gasteiger charge is 2.19. The highest BCUT2D eigenvalue weighted by molar-refractivity contribution is 5.71. The third-order valence-electron chi connectivity index (χ3n) is 11.5. The summed E-state index contributed by atoms with van der Waals surface area (Å²) in [6, 6.07) is 0. The standard InChI is InChI=1S/C57H100O6/c1-4-7-10-13-16-18-20-22-24-26-28-29-30-32-33-35-37-39-41-44-47-50-56(59)62-53-54(52-61-55(58)49-46-43-15-12-9-6-3)63-57(60)51-48-45-42-40-38-36-34-31-27-25-23-21-19-17-14-11-8-5-2/h7,10,16,18,22,24-25,27-29,54H,4-6,8-9,11-15,17,19-21,23,26,30-53H2,1-3H3/b10-7-,18-16-,24-22-,27-25-,29-28-. The molecule has 0 fully saturated rings. The number of rotatable bonds is 48. The van der Waals surface area contributed by atoms with Crippen LogP contribution >= 0.6 is 0 Å². The van der Waals surface area contributed by atoms with Gasteiger partial charge in [0.1, 0.15) is 13.2 Å². The zero-order valence-electron chi connectivity index (χ0n) is 41.6. The molecule has 0 aromatic carbocycles. The molecule has 0 aromatic heterocycles. The minimum Gasteiger partial charge on any atom is -0.462 e. The van der Waals surface area contributed by atoms with Crippen molar-refractivity contribution in [1.82, 2.24) is 0 Å². The van der Waals surface area contributed by atoms with Gasteiger partial charge in [0.2, 0.25) is 0 Å². The van der Waals surface area contributed by atoms with Crippen LogP contribution in [0.2, 0.25) is 0 Å². The quantitative estimate of drug-likeness (QED) is 0.0262. The molecule has 0 bridgehead atoms. The van der Waals surface area contributed by atoms with Crippen LogP contribution in [0.15, 0.2) is 60.8 Å². The maximum absolute atomic E-state index is 12.8. The van der Waals surface area contributed by atoms with E-state index >= 15 is 0 Å². The normalized spacial score (nSPS) is 12.5. The Morgan fingerprint density at radius 2 is 0.619 bits per heavy atom. The van der Waals surface area contributed by atoms with Crippen LogP contribution in [-0.4, -0.2) is 37.2 Å². The van der Waals surface area contributed by atoms with Crippen molar-refractivity contribution in [3.8, 4) is 0 Å². The molecule has 6 nitrogen and oxygen atoms in total. The predicted molar refractivity (Wildman–Crippen MR) is 270 cm³/mol. The van der Waals surface area contributed by atoms with E-state index in [0.717, 1.165) is 89.9 Å². The summed E-state index contributed by atoms with van der Waals surface area (Å²) in [6.07, 6.45) is 63.7. The minimum absolute atomic E-state index is 0.0779. The number of allylic oxidation sites excluding steroid dienone is 10. The lowest BCUT2D eigenvalue weighted by molar-refractivity contribution is -0.167. The average Bonchev–Trinajstić information content (AvgIpc) is 3.28. The predicted octanol–water partition coefficient (Wildman–Crippen LogP) is 17.6. The Labute approximate surface area is 390 Å². The fourth-order valence-corrected chi connectivity index (χ4v) is 7.49. The Morgan fingerprint density at radius 3 is 0.984 bits per heavy atom. The molecule has 0 heterocycles. The summed E-state index contributed by atoms with van der Waals surface area (Å²) in [6.45, 7) is 6.47. The largest absolute Gasteiger partial charge is 0.462 e. The van der Waals surface area contributed by atoms with E-state index in [1.54, 1.807) is 0 Å². The molecule has 0 saturated heterocycles. The number of carbonyl (C=O) groups is 3. The van der Waals surface area contributed by atoms with Gasteiger partial charge in [-0.1, -0.05) is 223 Å². The van der Waals surface area contributed by atoms with Gasteiger partial charge in [0, 0.05) is 19.3 Å². The smallest absolute Gasteiger partial charge is 0.306 e. The number of ether oxygens (including phenoxy) is 3. The van der Waals surface area contributed by atoms with Crippen LogP contribution in [0, 0.1) is 0 Å². The van der Waals surface area contributed by atoms with Crippen molar-refractivity contribution >= 4 is 17.9 Å². The highest BCUT2D eigenvalue weighted by atomic mass is 16.6. The molecular formula is C57H100O6. The number of hydrogen-bond donors (Lipinski definition) is 0. The molecule has 0 radical (unpaired) electrons. The van der Waals surface area contributed by atoms with Crippen molar-refractivity contribution in [3.63, 3.8) is 0 Å². The maximum atomic E-state index is 12.8. The lowest BCUT2D eigenvalue weighted by Gasteiger charge is -2.18. The lowest BCUT2D eigenvalue weighted by Crippen LogP contribution is -2.30. The molecule has 6 heteroatoms. The van der Waals surface area contributed by atoms with Gasteiger partial charge in [-0.2, -0.15) is 0 Å². The fraction of sp³-hybridized carbons (Fsp3) is 0.772. The summed E-state index contributed by atoms with van der Waals surface area (Å²) < 4.78 is 16.7. The first-order valence-electron chi connectivity index (χ1n) is 26.8. The first-order chi connectivity index (χ1) is 31.0. The molecule has 364 valence electrons. The molecule has 0 saturated carbocycles. The van der Waals surface area contributed by atoms with Gasteiger partial charge in [0.15, 0.2) is 6.10 Å². The van der Waals surface area contributed by atoms with Crippen LogP contribution in [0.3, 0.4) is 0 Å². The minimum atomic E-state index is -0.776. The van der Waals surface area contributed by atoms with Gasteiger partial charge < -0.3 is 14.2 Å². The van der Waals surface area contributed by atoms with E-state index in [9.17, 15) is 14.4 Å². The molecule has 0 spiro atoms. The molecule has 63 heavy (non-hydrogen) atoms. The second-order valence-corrected chi connectivity index (χ2v) is 17.8. The van der Waals surface area contributed by atoms with Gasteiger partial charge in [-0.15, -0.1) is 0 Å². The van der Waals surface area contributed by atoms with Crippen molar-refractivity contribution in [3.05, 3.63) is 60.8 Å². The number of esters is 3. The van der Waals surface area contributed by atoms with Crippen LogP contribution in [0.25, 0.3) is 0 Å². The zero-order chi connectivity index (χ0) is 45.8. The number of carbonyl (C=O) groups excluding carboxylic acids is 3. The van der Waals surface area contributed by atoms with Crippen molar-refractivity contribution in [2.45, 2.75) is 271 Å². The Hall–Kier alpha value is -2.89. The van der Waals surface area contributed by atoms with E-state index in [0.29, 0.717) is 19.3 Å². The van der Waals surface area contributed by atoms with Gasteiger partial charge in [-0.05, 0) is 83.5 Å². The molecule has 0 rings (SSSR count). The van der Waals surface area contributed by atoms with Gasteiger partial charge in [0.05, 0.1) is 0 Å². The van der Waals surface area contributed by atoms with E-state index in [4.69, 9.17) is 14.2 Å². The summed E-state index contributed by atoms with van der Waals surface area (Å²) in [5, 5.41) is 0. The van der Waals surface area contributed by atoms with E-state index in [1.807, 2.05) is 0 Å². The van der Waals surface area contributed by atoms with Crippen LogP contribution in [0.1, 0.15) is 265 Å². The van der Waals surface area contributed by atoms with Crippen LogP contribution < -0.4 is 0 Å². The molecule has 1 unspecified atom stereocenters. The Bertz CT molecular complexity index is 1150. The van der Waals surface area contributed by atoms with Gasteiger partial charge in [-0.25, -0.2) is 0 Å². The molecule has 0 aliphatic rings. The van der Waals surface area contributed by atoms with E-state index in [1.165, 1.54) is 135 Å². The Balaban J connectivity index is 4.20. The van der Waals surface area contributed by atoms with E-state index in [2.05, 4.69) is 81.5 Å². The Morgan fingerprint density at radius 1 is 0.333 bits per heavy atom. The second kappa shape index (κ2) is 51.7. The third kappa shape index (κ3) is 50.0. The summed E-state index contributed by atoms with van der Waals surface area (Å²) in [5.41, 5.74) is 0. The summed E-state index contributed by atoms with van der Waals surface area (Å²) >= 11 is 0. The summed E-state index contributed by atoms with van der Waals surface area (Å²) in [4.78, 5) is 37.8. The molecule has 0 N–H and O–H groups in total.